The van der Waals surface area contributed by atoms with Gasteiger partial charge >= 0.3 is 0 Å². The molecule has 0 bridgehead atoms. The lowest BCUT2D eigenvalue weighted by atomic mass is 9.96. The maximum atomic E-state index is 12.7. The number of halogens is 1. The highest BCUT2D eigenvalue weighted by Gasteiger charge is 2.30. The Morgan fingerprint density at radius 1 is 1.16 bits per heavy atom. The van der Waals surface area contributed by atoms with Crippen LogP contribution in [0.2, 0.25) is 5.02 Å². The highest BCUT2D eigenvalue weighted by molar-refractivity contribution is 6.30. The summed E-state index contributed by atoms with van der Waals surface area (Å²) in [4.78, 5) is 17.1. The summed E-state index contributed by atoms with van der Waals surface area (Å²) in [6.07, 6.45) is 4.31. The van der Waals surface area contributed by atoms with Crippen molar-refractivity contribution in [2.45, 2.75) is 32.2 Å². The molecule has 6 heteroatoms. The number of ether oxygens (including phenoxy) is 2. The van der Waals surface area contributed by atoms with Crippen LogP contribution in [0.25, 0.3) is 0 Å². The Morgan fingerprint density at radius 3 is 2.60 bits per heavy atom. The molecule has 3 rings (SSSR count). The van der Waals surface area contributed by atoms with E-state index < -0.39 is 0 Å². The monoisotopic (exact) mass is 366 g/mol. The first-order chi connectivity index (χ1) is 12.1. The lowest BCUT2D eigenvalue weighted by Gasteiger charge is -2.34. The third kappa shape index (κ3) is 4.21. The van der Waals surface area contributed by atoms with Crippen molar-refractivity contribution >= 4 is 17.5 Å². The quantitative estimate of drug-likeness (QED) is 0.802. The van der Waals surface area contributed by atoms with Gasteiger partial charge in [-0.3, -0.25) is 9.69 Å². The smallest absolute Gasteiger partial charge is 0.226 e. The molecule has 0 aromatic heterocycles. The molecule has 0 N–H and O–H groups in total. The molecule has 2 fully saturated rings. The fourth-order valence-corrected chi connectivity index (χ4v) is 4.19. The van der Waals surface area contributed by atoms with Gasteiger partial charge in [-0.2, -0.15) is 0 Å². The minimum Gasteiger partial charge on any atom is -0.493 e. The molecule has 2 aliphatic rings. The Morgan fingerprint density at radius 2 is 1.92 bits per heavy atom. The third-order valence-electron chi connectivity index (χ3n) is 5.19. The van der Waals surface area contributed by atoms with E-state index in [0.29, 0.717) is 23.2 Å². The molecule has 0 radical (unpaired) electrons. The van der Waals surface area contributed by atoms with Crippen LogP contribution in [-0.4, -0.2) is 56.1 Å². The van der Waals surface area contributed by atoms with Crippen LogP contribution in [0.15, 0.2) is 12.1 Å². The molecule has 2 heterocycles. The van der Waals surface area contributed by atoms with Crippen LogP contribution in [0.3, 0.4) is 0 Å². The molecule has 2 saturated heterocycles. The summed E-state index contributed by atoms with van der Waals surface area (Å²) in [5, 5.41) is 0.634. The average Bonchev–Trinajstić information content (AvgIpc) is 3.15. The summed E-state index contributed by atoms with van der Waals surface area (Å²) in [5.41, 5.74) is 1.00. The van der Waals surface area contributed by atoms with Crippen molar-refractivity contribution in [2.24, 2.45) is 5.92 Å². The van der Waals surface area contributed by atoms with Gasteiger partial charge < -0.3 is 14.4 Å². The zero-order valence-electron chi connectivity index (χ0n) is 15.1. The van der Waals surface area contributed by atoms with E-state index in [2.05, 4.69) is 4.90 Å². The summed E-state index contributed by atoms with van der Waals surface area (Å²) >= 11 is 6.23. The van der Waals surface area contributed by atoms with Gasteiger partial charge in [-0.25, -0.2) is 0 Å². The van der Waals surface area contributed by atoms with Crippen molar-refractivity contribution < 1.29 is 14.3 Å². The van der Waals surface area contributed by atoms with Gasteiger partial charge in [-0.15, -0.1) is 0 Å². The van der Waals surface area contributed by atoms with Crippen molar-refractivity contribution in [3.63, 3.8) is 0 Å². The van der Waals surface area contributed by atoms with Crippen LogP contribution in [0.1, 0.15) is 31.2 Å². The van der Waals surface area contributed by atoms with E-state index in [1.807, 2.05) is 11.0 Å². The number of carbonyl (C=O) groups is 1. The minimum absolute atomic E-state index is 0.110. The Kier molecular flexibility index (Phi) is 6.07. The van der Waals surface area contributed by atoms with Crippen molar-refractivity contribution in [3.8, 4) is 11.5 Å². The summed E-state index contributed by atoms with van der Waals surface area (Å²) in [6, 6.07) is 3.69. The average molecular weight is 367 g/mol. The topological polar surface area (TPSA) is 42.0 Å². The molecule has 5 nitrogen and oxygen atoms in total. The van der Waals surface area contributed by atoms with Crippen LogP contribution < -0.4 is 9.47 Å². The summed E-state index contributed by atoms with van der Waals surface area (Å²) in [6.45, 7) is 4.35. The highest BCUT2D eigenvalue weighted by Crippen LogP contribution is 2.36. The number of piperidine rings is 1. The number of rotatable bonds is 5. The number of hydrogen-bond donors (Lipinski definition) is 0. The normalized spacial score (nSPS) is 21.4. The van der Waals surface area contributed by atoms with E-state index in [4.69, 9.17) is 21.1 Å². The first-order valence-electron chi connectivity index (χ1n) is 9.04. The van der Waals surface area contributed by atoms with E-state index in [1.165, 1.54) is 0 Å². The zero-order chi connectivity index (χ0) is 17.8. The standard InChI is InChI=1S/C19H27ClN2O3/c1-24-17-11-16(20)10-15(18(17)25-2)13-21-7-5-6-14(12-21)19(23)22-8-3-4-9-22/h10-11,14H,3-9,12-13H2,1-2H3. The van der Waals surface area contributed by atoms with E-state index in [0.717, 1.165) is 63.2 Å². The van der Waals surface area contributed by atoms with Crippen LogP contribution in [0, 0.1) is 5.92 Å². The summed E-state index contributed by atoms with van der Waals surface area (Å²) in [7, 11) is 3.26. The lowest BCUT2D eigenvalue weighted by Crippen LogP contribution is -2.43. The first-order valence-corrected chi connectivity index (χ1v) is 9.41. The van der Waals surface area contributed by atoms with E-state index in [9.17, 15) is 4.79 Å². The second-order valence-electron chi connectivity index (χ2n) is 6.91. The molecule has 0 saturated carbocycles. The fourth-order valence-electron chi connectivity index (χ4n) is 3.96. The second-order valence-corrected chi connectivity index (χ2v) is 7.34. The lowest BCUT2D eigenvalue weighted by molar-refractivity contribution is -0.136. The van der Waals surface area contributed by atoms with Gasteiger partial charge in [0.1, 0.15) is 0 Å². The van der Waals surface area contributed by atoms with Crippen molar-refractivity contribution in [1.29, 1.82) is 0 Å². The predicted molar refractivity (Wildman–Crippen MR) is 98.4 cm³/mol. The Labute approximate surface area is 154 Å². The van der Waals surface area contributed by atoms with E-state index in [1.54, 1.807) is 20.3 Å². The second kappa shape index (κ2) is 8.28. The Bertz CT molecular complexity index is 617. The van der Waals surface area contributed by atoms with Gasteiger partial charge in [-0.05, 0) is 38.3 Å². The minimum atomic E-state index is 0.110. The van der Waals surface area contributed by atoms with Crippen LogP contribution in [0.5, 0.6) is 11.5 Å². The van der Waals surface area contributed by atoms with Crippen molar-refractivity contribution in [1.82, 2.24) is 9.80 Å². The van der Waals surface area contributed by atoms with Crippen molar-refractivity contribution in [3.05, 3.63) is 22.7 Å². The molecule has 1 amide bonds. The molecular formula is C19H27ClN2O3. The first kappa shape index (κ1) is 18.3. The molecule has 0 aliphatic carbocycles. The third-order valence-corrected chi connectivity index (χ3v) is 5.41. The number of amides is 1. The summed E-state index contributed by atoms with van der Waals surface area (Å²) < 4.78 is 10.9. The number of hydrogen-bond acceptors (Lipinski definition) is 4. The van der Waals surface area contributed by atoms with Gasteiger partial charge in [0, 0.05) is 42.8 Å². The van der Waals surface area contributed by atoms with Crippen LogP contribution in [-0.2, 0) is 11.3 Å². The molecular weight excluding hydrogens is 340 g/mol. The fraction of sp³-hybridized carbons (Fsp3) is 0.632. The number of likely N-dealkylation sites (tertiary alicyclic amines) is 2. The predicted octanol–water partition coefficient (Wildman–Crippen LogP) is 3.19. The van der Waals surface area contributed by atoms with Gasteiger partial charge in [0.25, 0.3) is 0 Å². The molecule has 1 atom stereocenters. The van der Waals surface area contributed by atoms with Gasteiger partial charge in [-0.1, -0.05) is 11.6 Å². The molecule has 1 aromatic carbocycles. The van der Waals surface area contributed by atoms with Gasteiger partial charge in [0.15, 0.2) is 11.5 Å². The number of nitrogens with zero attached hydrogens (tertiary/aromatic N) is 2. The SMILES string of the molecule is COc1cc(Cl)cc(CN2CCCC(C(=O)N3CCCC3)C2)c1OC. The number of carbonyl (C=O) groups excluding carboxylic acids is 1. The van der Waals surface area contributed by atoms with Gasteiger partial charge in [0.2, 0.25) is 5.91 Å². The summed E-state index contributed by atoms with van der Waals surface area (Å²) in [5.74, 6) is 1.81. The maximum Gasteiger partial charge on any atom is 0.226 e. The van der Waals surface area contributed by atoms with E-state index >= 15 is 0 Å². The van der Waals surface area contributed by atoms with Crippen molar-refractivity contribution in [2.75, 3.05) is 40.4 Å². The molecule has 2 aliphatic heterocycles. The maximum absolute atomic E-state index is 12.7. The molecule has 1 unspecified atom stereocenters. The number of benzene rings is 1. The van der Waals surface area contributed by atoms with Gasteiger partial charge in [0.05, 0.1) is 20.1 Å². The van der Waals surface area contributed by atoms with E-state index in [-0.39, 0.29) is 5.92 Å². The van der Waals surface area contributed by atoms with Crippen LogP contribution >= 0.6 is 11.6 Å². The highest BCUT2D eigenvalue weighted by atomic mass is 35.5. The number of methoxy groups -OCH3 is 2. The molecule has 0 spiro atoms. The molecule has 1 aromatic rings. The molecule has 25 heavy (non-hydrogen) atoms. The molecule has 138 valence electrons. The Hall–Kier alpha value is -1.46. The van der Waals surface area contributed by atoms with Crippen LogP contribution in [0.4, 0.5) is 0 Å². The Balaban J connectivity index is 1.70. The largest absolute Gasteiger partial charge is 0.493 e. The zero-order valence-corrected chi connectivity index (χ0v) is 15.8.